The number of hydrogen-bond acceptors (Lipinski definition) is 5. The Kier molecular flexibility index (Phi) is 10.4. The molecule has 2 rings (SSSR count). The molecular weight excluding hydrogens is 422 g/mol. The number of aliphatic hydroxyl groups is 1. The van der Waals surface area contributed by atoms with Crippen molar-refractivity contribution in [2.45, 2.75) is 51.9 Å². The first-order valence-corrected chi connectivity index (χ1v) is 11.0. The molecule has 0 bridgehead atoms. The summed E-state index contributed by atoms with van der Waals surface area (Å²) in [6, 6.07) is 16.5. The standard InChI is InChI=1S/C25H33N3O5/c1-17(2)22(24(31)27-21(15-29)14-19-10-6-4-7-11-19)28-23(30)18(3)26-25(32)33-16-20-12-8-5-9-13-20/h4-13,17-18,21-22,29H,14-16H2,1-3H3,(H,26,32)(H,27,31)(H,28,30)/t18-,21-,22-/m0/s1. The van der Waals surface area contributed by atoms with Gasteiger partial charge < -0.3 is 25.8 Å². The van der Waals surface area contributed by atoms with Gasteiger partial charge in [0.2, 0.25) is 11.8 Å². The van der Waals surface area contributed by atoms with Gasteiger partial charge in [0.15, 0.2) is 0 Å². The van der Waals surface area contributed by atoms with Crippen molar-refractivity contribution in [3.63, 3.8) is 0 Å². The molecule has 0 saturated heterocycles. The zero-order valence-corrected chi connectivity index (χ0v) is 19.3. The quantitative estimate of drug-likeness (QED) is 0.414. The highest BCUT2D eigenvalue weighted by Gasteiger charge is 2.28. The number of rotatable bonds is 11. The number of ether oxygens (including phenoxy) is 1. The predicted octanol–water partition coefficient (Wildman–Crippen LogP) is 2.16. The van der Waals surface area contributed by atoms with Gasteiger partial charge in [-0.1, -0.05) is 74.5 Å². The molecule has 2 aromatic carbocycles. The fourth-order valence-electron chi connectivity index (χ4n) is 3.17. The summed E-state index contributed by atoms with van der Waals surface area (Å²) < 4.78 is 5.14. The van der Waals surface area contributed by atoms with Crippen molar-refractivity contribution in [3.05, 3.63) is 71.8 Å². The highest BCUT2D eigenvalue weighted by atomic mass is 16.5. The molecule has 33 heavy (non-hydrogen) atoms. The van der Waals surface area contributed by atoms with Gasteiger partial charge in [-0.05, 0) is 30.4 Å². The Balaban J connectivity index is 1.87. The molecule has 8 heteroatoms. The van der Waals surface area contributed by atoms with E-state index in [4.69, 9.17) is 4.74 Å². The van der Waals surface area contributed by atoms with E-state index in [2.05, 4.69) is 16.0 Å². The van der Waals surface area contributed by atoms with Crippen LogP contribution in [0.25, 0.3) is 0 Å². The number of carbonyl (C=O) groups excluding carboxylic acids is 3. The van der Waals surface area contributed by atoms with Crippen molar-refractivity contribution >= 4 is 17.9 Å². The number of hydrogen-bond donors (Lipinski definition) is 4. The number of aliphatic hydroxyl groups excluding tert-OH is 1. The van der Waals surface area contributed by atoms with Gasteiger partial charge in [-0.25, -0.2) is 4.79 Å². The molecule has 0 aliphatic rings. The molecule has 2 aromatic rings. The molecule has 178 valence electrons. The molecule has 3 atom stereocenters. The van der Waals surface area contributed by atoms with Crippen LogP contribution in [-0.2, 0) is 27.4 Å². The minimum absolute atomic E-state index is 0.0853. The van der Waals surface area contributed by atoms with Crippen LogP contribution in [0.1, 0.15) is 31.9 Å². The molecule has 0 unspecified atom stereocenters. The fraction of sp³-hybridized carbons (Fsp3) is 0.400. The number of alkyl carbamates (subject to hydrolysis) is 1. The summed E-state index contributed by atoms with van der Waals surface area (Å²) in [5.41, 5.74) is 1.81. The molecule has 8 nitrogen and oxygen atoms in total. The van der Waals surface area contributed by atoms with Gasteiger partial charge in [-0.2, -0.15) is 0 Å². The van der Waals surface area contributed by atoms with Crippen molar-refractivity contribution in [2.24, 2.45) is 5.92 Å². The molecule has 0 saturated carbocycles. The van der Waals surface area contributed by atoms with Crippen LogP contribution in [0, 0.1) is 5.92 Å². The van der Waals surface area contributed by atoms with Gasteiger partial charge in [0.25, 0.3) is 0 Å². The normalized spacial score (nSPS) is 13.5. The van der Waals surface area contributed by atoms with Crippen LogP contribution < -0.4 is 16.0 Å². The summed E-state index contributed by atoms with van der Waals surface area (Å²) >= 11 is 0. The summed E-state index contributed by atoms with van der Waals surface area (Å²) in [4.78, 5) is 37.5. The maximum Gasteiger partial charge on any atom is 0.408 e. The van der Waals surface area contributed by atoms with Crippen molar-refractivity contribution in [1.82, 2.24) is 16.0 Å². The lowest BCUT2D eigenvalue weighted by Crippen LogP contribution is -2.56. The van der Waals surface area contributed by atoms with Crippen LogP contribution in [-0.4, -0.2) is 47.7 Å². The molecule has 0 aliphatic carbocycles. The van der Waals surface area contributed by atoms with E-state index in [1.54, 1.807) is 0 Å². The average Bonchev–Trinajstić information content (AvgIpc) is 2.81. The van der Waals surface area contributed by atoms with Crippen molar-refractivity contribution in [2.75, 3.05) is 6.61 Å². The molecule has 3 amide bonds. The van der Waals surface area contributed by atoms with E-state index in [-0.39, 0.29) is 19.1 Å². The molecule has 0 spiro atoms. The summed E-state index contributed by atoms with van der Waals surface area (Å²) in [5, 5.41) is 17.7. The lowest BCUT2D eigenvalue weighted by atomic mass is 10.0. The zero-order valence-electron chi connectivity index (χ0n) is 19.3. The third-order valence-electron chi connectivity index (χ3n) is 5.08. The Morgan fingerprint density at radius 3 is 1.94 bits per heavy atom. The number of benzene rings is 2. The van der Waals surface area contributed by atoms with Gasteiger partial charge in [0.05, 0.1) is 12.6 Å². The van der Waals surface area contributed by atoms with E-state index in [1.165, 1.54) is 6.92 Å². The van der Waals surface area contributed by atoms with Crippen molar-refractivity contribution < 1.29 is 24.2 Å². The topological polar surface area (TPSA) is 117 Å². The van der Waals surface area contributed by atoms with Crippen LogP contribution in [0.4, 0.5) is 4.79 Å². The molecule has 0 fully saturated rings. The zero-order chi connectivity index (χ0) is 24.2. The largest absolute Gasteiger partial charge is 0.445 e. The Morgan fingerprint density at radius 1 is 0.818 bits per heavy atom. The maximum absolute atomic E-state index is 12.8. The van der Waals surface area contributed by atoms with Crippen LogP contribution in [0.2, 0.25) is 0 Å². The first-order chi connectivity index (χ1) is 15.8. The van der Waals surface area contributed by atoms with E-state index in [0.717, 1.165) is 11.1 Å². The molecule has 4 N–H and O–H groups in total. The second kappa shape index (κ2) is 13.2. The van der Waals surface area contributed by atoms with Gasteiger partial charge in [-0.3, -0.25) is 9.59 Å². The van der Waals surface area contributed by atoms with Crippen molar-refractivity contribution in [1.29, 1.82) is 0 Å². The maximum atomic E-state index is 12.8. The van der Waals surface area contributed by atoms with Crippen LogP contribution in [0.15, 0.2) is 60.7 Å². The van der Waals surface area contributed by atoms with Crippen LogP contribution in [0.5, 0.6) is 0 Å². The third-order valence-corrected chi connectivity index (χ3v) is 5.08. The minimum atomic E-state index is -0.903. The molecule has 0 aliphatic heterocycles. The monoisotopic (exact) mass is 455 g/mol. The van der Waals surface area contributed by atoms with E-state index < -0.39 is 36.0 Å². The molecule has 0 heterocycles. The predicted molar refractivity (Wildman–Crippen MR) is 125 cm³/mol. The lowest BCUT2D eigenvalue weighted by Gasteiger charge is -2.26. The Morgan fingerprint density at radius 2 is 1.39 bits per heavy atom. The van der Waals surface area contributed by atoms with Gasteiger partial charge in [0.1, 0.15) is 18.7 Å². The summed E-state index contributed by atoms with van der Waals surface area (Å²) in [7, 11) is 0. The summed E-state index contributed by atoms with van der Waals surface area (Å²) in [6.45, 7) is 4.98. The summed E-state index contributed by atoms with van der Waals surface area (Å²) in [6.07, 6.45) is -0.261. The van der Waals surface area contributed by atoms with E-state index in [9.17, 15) is 19.5 Å². The Hall–Kier alpha value is -3.39. The van der Waals surface area contributed by atoms with Gasteiger partial charge >= 0.3 is 6.09 Å². The van der Waals surface area contributed by atoms with Gasteiger partial charge in [-0.15, -0.1) is 0 Å². The van der Waals surface area contributed by atoms with Crippen molar-refractivity contribution in [3.8, 4) is 0 Å². The number of carbonyl (C=O) groups is 3. The first kappa shape index (κ1) is 25.9. The second-order valence-corrected chi connectivity index (χ2v) is 8.24. The Bertz CT molecular complexity index is 889. The third kappa shape index (κ3) is 8.94. The molecule has 0 aromatic heterocycles. The smallest absolute Gasteiger partial charge is 0.408 e. The minimum Gasteiger partial charge on any atom is -0.445 e. The molecule has 0 radical (unpaired) electrons. The number of nitrogens with one attached hydrogen (secondary N) is 3. The lowest BCUT2D eigenvalue weighted by molar-refractivity contribution is -0.131. The van der Waals surface area contributed by atoms with E-state index in [0.29, 0.717) is 6.42 Å². The SMILES string of the molecule is CC(C)[C@H](NC(=O)[C@H](C)NC(=O)OCc1ccccc1)C(=O)N[C@H](CO)Cc1ccccc1. The van der Waals surface area contributed by atoms with Gasteiger partial charge in [0, 0.05) is 0 Å². The fourth-order valence-corrected chi connectivity index (χ4v) is 3.17. The number of amides is 3. The Labute approximate surface area is 194 Å². The highest BCUT2D eigenvalue weighted by Crippen LogP contribution is 2.07. The van der Waals surface area contributed by atoms with Crippen LogP contribution in [0.3, 0.4) is 0 Å². The highest BCUT2D eigenvalue weighted by molar-refractivity contribution is 5.91. The second-order valence-electron chi connectivity index (χ2n) is 8.24. The van der Waals surface area contributed by atoms with E-state index in [1.807, 2.05) is 74.5 Å². The summed E-state index contributed by atoms with van der Waals surface area (Å²) in [5.74, 6) is -1.11. The average molecular weight is 456 g/mol. The first-order valence-electron chi connectivity index (χ1n) is 11.0. The molecular formula is C25H33N3O5. The van der Waals surface area contributed by atoms with Crippen LogP contribution >= 0.6 is 0 Å². The van der Waals surface area contributed by atoms with E-state index >= 15 is 0 Å².